The van der Waals surface area contributed by atoms with Crippen LogP contribution in [-0.4, -0.2) is 9.55 Å². The first-order valence-corrected chi connectivity index (χ1v) is 6.99. The highest BCUT2D eigenvalue weighted by molar-refractivity contribution is 9.10. The van der Waals surface area contributed by atoms with E-state index in [-0.39, 0.29) is 0 Å². The molecule has 2 aromatic rings. The van der Waals surface area contributed by atoms with Crippen molar-refractivity contribution in [3.8, 4) is 5.75 Å². The Morgan fingerprint density at radius 3 is 3.06 bits per heavy atom. The molecule has 1 saturated carbocycles. The van der Waals surface area contributed by atoms with Gasteiger partial charge >= 0.3 is 0 Å². The predicted molar refractivity (Wildman–Crippen MR) is 74.0 cm³/mol. The molecule has 1 aromatic heterocycles. The van der Waals surface area contributed by atoms with Crippen molar-refractivity contribution in [2.75, 3.05) is 0 Å². The molecular formula is C13H12BrClN2O. The lowest BCUT2D eigenvalue weighted by atomic mass is 10.3. The van der Waals surface area contributed by atoms with Gasteiger partial charge in [-0.15, -0.1) is 0 Å². The zero-order valence-corrected chi connectivity index (χ0v) is 12.0. The fraction of sp³-hybridized carbons (Fsp3) is 0.308. The molecule has 5 heteroatoms. The van der Waals surface area contributed by atoms with Crippen LogP contribution in [0, 0.1) is 0 Å². The van der Waals surface area contributed by atoms with Crippen molar-refractivity contribution in [1.82, 2.24) is 9.55 Å². The van der Waals surface area contributed by atoms with Crippen LogP contribution in [0.4, 0.5) is 0 Å². The molecular weight excluding hydrogens is 316 g/mol. The summed E-state index contributed by atoms with van der Waals surface area (Å²) in [5.41, 5.74) is 1.09. The van der Waals surface area contributed by atoms with E-state index in [2.05, 4.69) is 25.5 Å². The molecule has 3 nitrogen and oxygen atoms in total. The smallest absolute Gasteiger partial charge is 0.139 e. The van der Waals surface area contributed by atoms with Crippen LogP contribution in [0.5, 0.6) is 5.75 Å². The summed E-state index contributed by atoms with van der Waals surface area (Å²) in [4.78, 5) is 4.18. The minimum Gasteiger partial charge on any atom is -0.486 e. The van der Waals surface area contributed by atoms with Crippen LogP contribution < -0.4 is 4.74 Å². The molecule has 0 saturated heterocycles. The Labute approximate surface area is 119 Å². The van der Waals surface area contributed by atoms with E-state index in [9.17, 15) is 0 Å². The molecule has 0 bridgehead atoms. The largest absolute Gasteiger partial charge is 0.486 e. The summed E-state index contributed by atoms with van der Waals surface area (Å²) in [6, 6.07) is 6.20. The minimum absolute atomic E-state index is 0.493. The highest BCUT2D eigenvalue weighted by Crippen LogP contribution is 2.36. The standard InChI is InChI=1S/C13H12BrClN2O/c14-9-1-4-12(15)13(5-9)18-7-11-6-16-8-17(11)10-2-3-10/h1,4-6,8,10H,2-3,7H2. The highest BCUT2D eigenvalue weighted by atomic mass is 79.9. The van der Waals surface area contributed by atoms with E-state index in [0.29, 0.717) is 23.4 Å². The van der Waals surface area contributed by atoms with Crippen molar-refractivity contribution >= 4 is 27.5 Å². The molecule has 0 spiro atoms. The number of imidazole rings is 1. The second-order valence-electron chi connectivity index (χ2n) is 4.39. The van der Waals surface area contributed by atoms with Gasteiger partial charge in [0.2, 0.25) is 0 Å². The third kappa shape index (κ3) is 2.54. The van der Waals surface area contributed by atoms with Gasteiger partial charge in [-0.1, -0.05) is 27.5 Å². The molecule has 1 aliphatic rings. The Morgan fingerprint density at radius 2 is 2.28 bits per heavy atom. The number of hydrogen-bond acceptors (Lipinski definition) is 2. The fourth-order valence-corrected chi connectivity index (χ4v) is 2.38. The van der Waals surface area contributed by atoms with Gasteiger partial charge < -0.3 is 9.30 Å². The zero-order valence-electron chi connectivity index (χ0n) is 9.64. The molecule has 0 atom stereocenters. The van der Waals surface area contributed by atoms with Crippen molar-refractivity contribution in [3.05, 3.63) is 45.9 Å². The number of ether oxygens (including phenoxy) is 1. The fourth-order valence-electron chi connectivity index (χ4n) is 1.86. The lowest BCUT2D eigenvalue weighted by molar-refractivity contribution is 0.295. The first kappa shape index (κ1) is 12.1. The highest BCUT2D eigenvalue weighted by Gasteiger charge is 2.25. The topological polar surface area (TPSA) is 27.1 Å². The number of rotatable bonds is 4. The first-order chi connectivity index (χ1) is 8.74. The van der Waals surface area contributed by atoms with Gasteiger partial charge in [0.25, 0.3) is 0 Å². The Balaban J connectivity index is 1.73. The SMILES string of the molecule is Clc1ccc(Br)cc1OCc1cncn1C1CC1. The van der Waals surface area contributed by atoms with Gasteiger partial charge in [0.1, 0.15) is 12.4 Å². The van der Waals surface area contributed by atoms with Crippen molar-refractivity contribution in [3.63, 3.8) is 0 Å². The Morgan fingerprint density at radius 1 is 1.44 bits per heavy atom. The predicted octanol–water partition coefficient (Wildman–Crippen LogP) is 4.21. The number of benzene rings is 1. The Hall–Kier alpha value is -1.00. The van der Waals surface area contributed by atoms with E-state index in [0.717, 1.165) is 10.2 Å². The molecule has 1 fully saturated rings. The molecule has 1 aromatic carbocycles. The van der Waals surface area contributed by atoms with E-state index in [4.69, 9.17) is 16.3 Å². The van der Waals surface area contributed by atoms with Crippen LogP contribution in [0.15, 0.2) is 35.2 Å². The molecule has 0 unspecified atom stereocenters. The Bertz CT molecular complexity index is 566. The summed E-state index contributed by atoms with van der Waals surface area (Å²) in [6.07, 6.45) is 6.20. The number of aromatic nitrogens is 2. The molecule has 0 amide bonds. The van der Waals surface area contributed by atoms with Crippen molar-refractivity contribution < 1.29 is 4.74 Å². The second kappa shape index (κ2) is 4.94. The van der Waals surface area contributed by atoms with Crippen LogP contribution in [0.1, 0.15) is 24.6 Å². The average molecular weight is 328 g/mol. The van der Waals surface area contributed by atoms with Gasteiger partial charge in [-0.25, -0.2) is 4.98 Å². The summed E-state index contributed by atoms with van der Waals surface area (Å²) >= 11 is 9.49. The van der Waals surface area contributed by atoms with E-state index < -0.39 is 0 Å². The molecule has 3 rings (SSSR count). The molecule has 1 aliphatic carbocycles. The molecule has 0 aliphatic heterocycles. The van der Waals surface area contributed by atoms with E-state index in [1.165, 1.54) is 12.8 Å². The quantitative estimate of drug-likeness (QED) is 0.841. The van der Waals surface area contributed by atoms with Crippen LogP contribution in [-0.2, 0) is 6.61 Å². The Kier molecular flexibility index (Phi) is 3.31. The molecule has 0 radical (unpaired) electrons. The number of hydrogen-bond donors (Lipinski definition) is 0. The lowest BCUT2D eigenvalue weighted by Gasteiger charge is -2.10. The third-order valence-corrected chi connectivity index (χ3v) is 3.76. The van der Waals surface area contributed by atoms with Crippen LogP contribution >= 0.6 is 27.5 Å². The molecule has 18 heavy (non-hydrogen) atoms. The lowest BCUT2D eigenvalue weighted by Crippen LogP contribution is -2.03. The van der Waals surface area contributed by atoms with E-state index in [1.54, 1.807) is 0 Å². The van der Waals surface area contributed by atoms with Crippen LogP contribution in [0.25, 0.3) is 0 Å². The van der Waals surface area contributed by atoms with E-state index >= 15 is 0 Å². The summed E-state index contributed by atoms with van der Waals surface area (Å²) in [6.45, 7) is 0.493. The van der Waals surface area contributed by atoms with Crippen LogP contribution in [0.3, 0.4) is 0 Å². The number of nitrogens with zero attached hydrogens (tertiary/aromatic N) is 2. The van der Waals surface area contributed by atoms with Gasteiger partial charge in [0.05, 0.1) is 23.2 Å². The summed E-state index contributed by atoms with van der Waals surface area (Å²) in [7, 11) is 0. The first-order valence-electron chi connectivity index (χ1n) is 5.82. The van der Waals surface area contributed by atoms with Crippen molar-refractivity contribution in [1.29, 1.82) is 0 Å². The zero-order chi connectivity index (χ0) is 12.5. The summed E-state index contributed by atoms with van der Waals surface area (Å²) in [5.74, 6) is 0.689. The minimum atomic E-state index is 0.493. The van der Waals surface area contributed by atoms with Crippen molar-refractivity contribution in [2.45, 2.75) is 25.5 Å². The molecule has 94 valence electrons. The monoisotopic (exact) mass is 326 g/mol. The summed E-state index contributed by atoms with van der Waals surface area (Å²) < 4.78 is 8.90. The normalized spacial score (nSPS) is 14.8. The number of halogens is 2. The van der Waals surface area contributed by atoms with Gasteiger partial charge in [-0.3, -0.25) is 0 Å². The molecule has 0 N–H and O–H groups in total. The van der Waals surface area contributed by atoms with Crippen LogP contribution in [0.2, 0.25) is 5.02 Å². The van der Waals surface area contributed by atoms with Gasteiger partial charge in [0, 0.05) is 10.5 Å². The maximum absolute atomic E-state index is 6.08. The van der Waals surface area contributed by atoms with Crippen molar-refractivity contribution in [2.24, 2.45) is 0 Å². The molecule has 1 heterocycles. The summed E-state index contributed by atoms with van der Waals surface area (Å²) in [5, 5.41) is 0.621. The van der Waals surface area contributed by atoms with E-state index in [1.807, 2.05) is 30.7 Å². The maximum Gasteiger partial charge on any atom is 0.139 e. The average Bonchev–Trinajstić information content (AvgIpc) is 3.10. The maximum atomic E-state index is 6.08. The van der Waals surface area contributed by atoms with Gasteiger partial charge in [-0.05, 0) is 31.0 Å². The van der Waals surface area contributed by atoms with Gasteiger partial charge in [-0.2, -0.15) is 0 Å². The van der Waals surface area contributed by atoms with Gasteiger partial charge in [0.15, 0.2) is 0 Å². The third-order valence-electron chi connectivity index (χ3n) is 2.96. The second-order valence-corrected chi connectivity index (χ2v) is 5.71.